The first kappa shape index (κ1) is 22.3. The smallest absolute Gasteiger partial charge is 0.326 e. The zero-order valence-corrected chi connectivity index (χ0v) is 17.6. The molecule has 2 aromatic carbocycles. The van der Waals surface area contributed by atoms with Gasteiger partial charge >= 0.3 is 19.5 Å². The number of halogens is 3. The van der Waals surface area contributed by atoms with Crippen LogP contribution < -0.4 is 20.8 Å². The molecule has 0 aliphatic carbocycles. The number of amides is 4. The number of anilines is 2. The lowest BCUT2D eigenvalue weighted by Gasteiger charge is -2.24. The summed E-state index contributed by atoms with van der Waals surface area (Å²) >= 11 is 17.5. The van der Waals surface area contributed by atoms with Gasteiger partial charge in [-0.3, -0.25) is 14.7 Å². The fourth-order valence-electron chi connectivity index (χ4n) is 1.96. The molecule has 0 aromatic heterocycles. The molecule has 28 heavy (non-hydrogen) atoms. The summed E-state index contributed by atoms with van der Waals surface area (Å²) in [5.74, 6) is 0. The van der Waals surface area contributed by atoms with Gasteiger partial charge in [-0.05, 0) is 48.5 Å². The standard InChI is InChI=1S/C16H16Cl3N4O4P/c1-27-14(19)28(26,22-15(24)20-12-6-2-10(17)3-7-12)23-16(25)21-13-8-4-11(18)5-9-13/h2-9,14H,1H3,(H4,20,21,22,23,24,25,26). The van der Waals surface area contributed by atoms with E-state index in [2.05, 4.69) is 20.8 Å². The second-order valence-electron chi connectivity index (χ2n) is 5.33. The van der Waals surface area contributed by atoms with Gasteiger partial charge in [0, 0.05) is 28.5 Å². The summed E-state index contributed by atoms with van der Waals surface area (Å²) in [6.45, 7) is 0. The zero-order chi connectivity index (χ0) is 20.7. The van der Waals surface area contributed by atoms with Crippen molar-refractivity contribution in [3.05, 3.63) is 58.6 Å². The number of rotatable bonds is 6. The van der Waals surface area contributed by atoms with Crippen LogP contribution in [0.2, 0.25) is 10.0 Å². The van der Waals surface area contributed by atoms with Crippen molar-refractivity contribution >= 4 is 65.7 Å². The van der Waals surface area contributed by atoms with Gasteiger partial charge in [-0.1, -0.05) is 34.8 Å². The Labute approximate surface area is 176 Å². The largest absolute Gasteiger partial charge is 0.356 e. The molecule has 0 spiro atoms. The summed E-state index contributed by atoms with van der Waals surface area (Å²) in [6.07, 6.45) is 0. The van der Waals surface area contributed by atoms with Crippen LogP contribution in [0.15, 0.2) is 48.5 Å². The lowest BCUT2D eigenvalue weighted by atomic mass is 10.3. The van der Waals surface area contributed by atoms with Crippen LogP contribution in [-0.2, 0) is 9.30 Å². The van der Waals surface area contributed by atoms with E-state index in [-0.39, 0.29) is 0 Å². The highest BCUT2D eigenvalue weighted by atomic mass is 35.5. The summed E-state index contributed by atoms with van der Waals surface area (Å²) in [5.41, 5.74) is 0.783. The number of nitrogens with one attached hydrogen (secondary N) is 4. The van der Waals surface area contributed by atoms with E-state index >= 15 is 0 Å². The van der Waals surface area contributed by atoms with Gasteiger partial charge in [0.05, 0.1) is 0 Å². The van der Waals surface area contributed by atoms with E-state index < -0.39 is 24.8 Å². The van der Waals surface area contributed by atoms with Gasteiger partial charge in [-0.15, -0.1) is 0 Å². The highest BCUT2D eigenvalue weighted by molar-refractivity contribution is 7.63. The van der Waals surface area contributed by atoms with Gasteiger partial charge in [-0.2, -0.15) is 0 Å². The maximum Gasteiger partial charge on any atom is 0.326 e. The third-order valence-electron chi connectivity index (χ3n) is 3.22. The third-order valence-corrected chi connectivity index (χ3v) is 6.58. The predicted octanol–water partition coefficient (Wildman–Crippen LogP) is 5.30. The number of hydrogen-bond donors (Lipinski definition) is 4. The average Bonchev–Trinajstić information content (AvgIpc) is 2.64. The second kappa shape index (κ2) is 10.0. The molecule has 0 radical (unpaired) electrons. The van der Waals surface area contributed by atoms with Crippen molar-refractivity contribution in [3.8, 4) is 0 Å². The van der Waals surface area contributed by atoms with Gasteiger partial charge < -0.3 is 15.4 Å². The number of ether oxygens (including phenoxy) is 1. The van der Waals surface area contributed by atoms with Crippen molar-refractivity contribution in [1.82, 2.24) is 10.2 Å². The van der Waals surface area contributed by atoms with Crippen LogP contribution in [0.25, 0.3) is 0 Å². The number of methoxy groups -OCH3 is 1. The van der Waals surface area contributed by atoms with Crippen molar-refractivity contribution in [2.24, 2.45) is 0 Å². The topological polar surface area (TPSA) is 109 Å². The maximum absolute atomic E-state index is 13.0. The first-order chi connectivity index (χ1) is 13.2. The molecule has 0 saturated carbocycles. The van der Waals surface area contributed by atoms with Crippen molar-refractivity contribution in [2.45, 2.75) is 5.30 Å². The highest BCUT2D eigenvalue weighted by Crippen LogP contribution is 2.44. The van der Waals surface area contributed by atoms with Crippen LogP contribution in [0.1, 0.15) is 0 Å². The van der Waals surface area contributed by atoms with Crippen molar-refractivity contribution in [2.75, 3.05) is 17.7 Å². The number of hydrogen-bond acceptors (Lipinski definition) is 4. The number of benzene rings is 2. The fourth-order valence-corrected chi connectivity index (χ4v) is 3.78. The van der Waals surface area contributed by atoms with Crippen LogP contribution in [0.3, 0.4) is 0 Å². The summed E-state index contributed by atoms with van der Waals surface area (Å²) < 4.78 is 17.8. The lowest BCUT2D eigenvalue weighted by Crippen LogP contribution is -2.39. The van der Waals surface area contributed by atoms with Crippen molar-refractivity contribution in [1.29, 1.82) is 0 Å². The van der Waals surface area contributed by atoms with Crippen LogP contribution >= 0.6 is 42.2 Å². The van der Waals surface area contributed by atoms with Crippen molar-refractivity contribution in [3.63, 3.8) is 0 Å². The summed E-state index contributed by atoms with van der Waals surface area (Å²) in [7, 11) is -2.87. The maximum atomic E-state index is 13.0. The van der Waals surface area contributed by atoms with Crippen LogP contribution in [0.5, 0.6) is 0 Å². The van der Waals surface area contributed by atoms with E-state index in [0.717, 1.165) is 0 Å². The van der Waals surface area contributed by atoms with Gasteiger partial charge in [0.15, 0.2) is 0 Å². The Morgan fingerprint density at radius 3 is 1.54 bits per heavy atom. The van der Waals surface area contributed by atoms with E-state index in [1.54, 1.807) is 48.5 Å². The summed E-state index contributed by atoms with van der Waals surface area (Å²) in [5, 5.41) is 8.68. The Morgan fingerprint density at radius 2 is 1.21 bits per heavy atom. The summed E-state index contributed by atoms with van der Waals surface area (Å²) in [6, 6.07) is 10.7. The summed E-state index contributed by atoms with van der Waals surface area (Å²) in [4.78, 5) is 24.4. The monoisotopic (exact) mass is 464 g/mol. The van der Waals surface area contributed by atoms with Crippen LogP contribution in [0.4, 0.5) is 21.0 Å². The molecular weight excluding hydrogens is 450 g/mol. The van der Waals surface area contributed by atoms with Gasteiger partial charge in [0.1, 0.15) is 0 Å². The molecule has 0 heterocycles. The molecule has 150 valence electrons. The number of carbonyl (C=O) groups excluding carboxylic acids is 2. The Kier molecular flexibility index (Phi) is 7.98. The molecule has 0 aliphatic heterocycles. The van der Waals surface area contributed by atoms with E-state index in [1.165, 1.54) is 7.11 Å². The first-order valence-electron chi connectivity index (χ1n) is 7.68. The van der Waals surface area contributed by atoms with Gasteiger partial charge in [-0.25, -0.2) is 9.59 Å². The van der Waals surface area contributed by atoms with Gasteiger partial charge in [0.25, 0.3) is 0 Å². The van der Waals surface area contributed by atoms with E-state index in [9.17, 15) is 14.2 Å². The molecule has 1 unspecified atom stereocenters. The Bertz CT molecular complexity index is 815. The molecule has 2 rings (SSSR count). The Balaban J connectivity index is 2.06. The molecule has 4 amide bonds. The molecule has 0 fully saturated rings. The van der Waals surface area contributed by atoms with Crippen molar-refractivity contribution < 1.29 is 18.9 Å². The SMILES string of the molecule is COC(Cl)P(=O)(NC(=O)Nc1ccc(Cl)cc1)NC(=O)Nc1ccc(Cl)cc1. The van der Waals surface area contributed by atoms with Crippen LogP contribution in [0, 0.1) is 0 Å². The van der Waals surface area contributed by atoms with E-state index in [0.29, 0.717) is 21.4 Å². The van der Waals surface area contributed by atoms with Crippen LogP contribution in [-0.4, -0.2) is 24.5 Å². The normalized spacial score (nSPS) is 12.0. The molecular formula is C16H16Cl3N4O4P. The number of urea groups is 2. The minimum Gasteiger partial charge on any atom is -0.356 e. The molecule has 0 bridgehead atoms. The molecule has 0 saturated heterocycles. The molecule has 0 aliphatic rings. The molecule has 8 nitrogen and oxygen atoms in total. The average molecular weight is 466 g/mol. The minimum absolute atomic E-state index is 0.391. The Hall–Kier alpha value is -1.96. The second-order valence-corrected chi connectivity index (χ2v) is 9.14. The number of alkyl halides is 1. The molecule has 1 atom stereocenters. The van der Waals surface area contributed by atoms with Gasteiger partial charge in [0.2, 0.25) is 5.30 Å². The Morgan fingerprint density at radius 1 is 0.857 bits per heavy atom. The molecule has 2 aromatic rings. The van der Waals surface area contributed by atoms with E-state index in [4.69, 9.17) is 39.5 Å². The molecule has 4 N–H and O–H groups in total. The first-order valence-corrected chi connectivity index (χ1v) is 10.6. The fraction of sp³-hybridized carbons (Fsp3) is 0.125. The molecule has 12 heteroatoms. The number of carbonyl (C=O) groups is 2. The quantitative estimate of drug-likeness (QED) is 0.343. The van der Waals surface area contributed by atoms with E-state index in [1.807, 2.05) is 0 Å². The predicted molar refractivity (Wildman–Crippen MR) is 111 cm³/mol. The lowest BCUT2D eigenvalue weighted by molar-refractivity contribution is 0.215. The zero-order valence-electron chi connectivity index (χ0n) is 14.4. The third kappa shape index (κ3) is 6.58. The highest BCUT2D eigenvalue weighted by Gasteiger charge is 2.36. The minimum atomic E-state index is -4.05.